The van der Waals surface area contributed by atoms with E-state index in [1.807, 2.05) is 6.07 Å². The first-order valence-corrected chi connectivity index (χ1v) is 10.5. The van der Waals surface area contributed by atoms with Crippen LogP contribution in [0.15, 0.2) is 48.5 Å². The predicted octanol–water partition coefficient (Wildman–Crippen LogP) is 2.22. The number of hydrogen-bond acceptors (Lipinski definition) is 7. The van der Waals surface area contributed by atoms with E-state index in [1.165, 1.54) is 21.1 Å². The number of benzene rings is 2. The molecule has 0 heterocycles. The van der Waals surface area contributed by atoms with Crippen LogP contribution in [-0.2, 0) is 32.1 Å². The highest BCUT2D eigenvalue weighted by Crippen LogP contribution is 2.25. The summed E-state index contributed by atoms with van der Waals surface area (Å²) < 4.78 is 15.0. The smallest absolute Gasteiger partial charge is 0.408 e. The van der Waals surface area contributed by atoms with Gasteiger partial charge in [0.2, 0.25) is 5.91 Å². The Kier molecular flexibility index (Phi) is 9.96. The maximum atomic E-state index is 12.8. The molecule has 178 valence electrons. The molecule has 2 rings (SSSR count). The quantitative estimate of drug-likeness (QED) is 0.447. The van der Waals surface area contributed by atoms with Crippen molar-refractivity contribution < 1.29 is 33.7 Å². The van der Waals surface area contributed by atoms with Gasteiger partial charge in [0, 0.05) is 6.42 Å². The van der Waals surface area contributed by atoms with Crippen LogP contribution in [0.3, 0.4) is 0 Å². The van der Waals surface area contributed by atoms with E-state index in [1.54, 1.807) is 42.5 Å². The van der Waals surface area contributed by atoms with Gasteiger partial charge in [-0.2, -0.15) is 0 Å². The highest BCUT2D eigenvalue weighted by molar-refractivity contribution is 6.32. The van der Waals surface area contributed by atoms with E-state index < -0.39 is 36.2 Å². The summed E-state index contributed by atoms with van der Waals surface area (Å²) in [6, 6.07) is 11.5. The van der Waals surface area contributed by atoms with Crippen LogP contribution < -0.4 is 15.4 Å². The summed E-state index contributed by atoms with van der Waals surface area (Å²) in [6.45, 7) is 1.32. The van der Waals surface area contributed by atoms with Gasteiger partial charge in [0.15, 0.2) is 0 Å². The molecule has 2 aromatic rings. The van der Waals surface area contributed by atoms with Crippen molar-refractivity contribution in [2.45, 2.75) is 38.1 Å². The van der Waals surface area contributed by atoms with Crippen molar-refractivity contribution in [3.8, 4) is 5.75 Å². The molecule has 0 spiro atoms. The van der Waals surface area contributed by atoms with E-state index in [-0.39, 0.29) is 13.0 Å². The second kappa shape index (κ2) is 12.7. The Labute approximate surface area is 197 Å². The van der Waals surface area contributed by atoms with Gasteiger partial charge in [-0.1, -0.05) is 48.0 Å². The molecule has 3 atom stereocenters. The van der Waals surface area contributed by atoms with Gasteiger partial charge in [0.1, 0.15) is 24.4 Å². The van der Waals surface area contributed by atoms with E-state index in [4.69, 9.17) is 25.8 Å². The van der Waals surface area contributed by atoms with Gasteiger partial charge in [0.25, 0.3) is 0 Å². The summed E-state index contributed by atoms with van der Waals surface area (Å²) in [6.07, 6.45) is -2.09. The minimum absolute atomic E-state index is 0.0101. The lowest BCUT2D eigenvalue weighted by Gasteiger charge is -2.24. The molecule has 0 radical (unpaired) electrons. The monoisotopic (exact) mass is 478 g/mol. The molecule has 3 N–H and O–H groups in total. The fraction of sp³-hybridized carbons (Fsp3) is 0.348. The summed E-state index contributed by atoms with van der Waals surface area (Å²) in [5.41, 5.74) is 1.40. The van der Waals surface area contributed by atoms with E-state index >= 15 is 0 Å². The molecule has 0 aromatic heterocycles. The molecule has 0 saturated carbocycles. The van der Waals surface area contributed by atoms with Crippen molar-refractivity contribution in [2.24, 2.45) is 0 Å². The van der Waals surface area contributed by atoms with Crippen molar-refractivity contribution >= 4 is 29.6 Å². The molecule has 0 unspecified atom stereocenters. The topological polar surface area (TPSA) is 123 Å². The third kappa shape index (κ3) is 7.96. The molecule has 2 aromatic carbocycles. The Bertz CT molecular complexity index is 953. The van der Waals surface area contributed by atoms with Gasteiger partial charge in [-0.25, -0.2) is 9.59 Å². The van der Waals surface area contributed by atoms with Crippen LogP contribution in [0, 0.1) is 0 Å². The number of methoxy groups -OCH3 is 2. The lowest BCUT2D eigenvalue weighted by Crippen LogP contribution is -2.56. The summed E-state index contributed by atoms with van der Waals surface area (Å²) in [5.74, 6) is -1.02. The van der Waals surface area contributed by atoms with Crippen LogP contribution in [0.4, 0.5) is 4.79 Å². The van der Waals surface area contributed by atoms with Gasteiger partial charge >= 0.3 is 12.1 Å². The van der Waals surface area contributed by atoms with Crippen LogP contribution in [-0.4, -0.2) is 55.5 Å². The van der Waals surface area contributed by atoms with Crippen LogP contribution in [0.2, 0.25) is 5.02 Å². The predicted molar refractivity (Wildman–Crippen MR) is 121 cm³/mol. The highest BCUT2D eigenvalue weighted by Gasteiger charge is 2.31. The Morgan fingerprint density at radius 3 is 2.30 bits per heavy atom. The van der Waals surface area contributed by atoms with Gasteiger partial charge in [-0.15, -0.1) is 0 Å². The first-order valence-electron chi connectivity index (χ1n) is 10.1. The Morgan fingerprint density at radius 2 is 1.73 bits per heavy atom. The lowest BCUT2D eigenvalue weighted by atomic mass is 10.0. The zero-order valence-corrected chi connectivity index (χ0v) is 19.3. The number of ether oxygens (including phenoxy) is 3. The van der Waals surface area contributed by atoms with Gasteiger partial charge in [-0.05, 0) is 30.2 Å². The number of amides is 2. The minimum atomic E-state index is -1.36. The fourth-order valence-electron chi connectivity index (χ4n) is 2.97. The molecule has 0 aliphatic rings. The second-order valence-corrected chi connectivity index (χ2v) is 7.59. The van der Waals surface area contributed by atoms with Gasteiger partial charge in [0.05, 0.1) is 25.3 Å². The molecule has 33 heavy (non-hydrogen) atoms. The number of nitrogens with one attached hydrogen (secondary N) is 2. The van der Waals surface area contributed by atoms with Crippen molar-refractivity contribution in [1.82, 2.24) is 10.6 Å². The van der Waals surface area contributed by atoms with E-state index in [9.17, 15) is 19.5 Å². The first kappa shape index (κ1) is 26.0. The molecule has 0 saturated heterocycles. The van der Waals surface area contributed by atoms with Crippen molar-refractivity contribution in [3.05, 3.63) is 64.7 Å². The van der Waals surface area contributed by atoms with E-state index in [0.717, 1.165) is 5.56 Å². The second-order valence-electron chi connectivity index (χ2n) is 7.18. The van der Waals surface area contributed by atoms with Crippen molar-refractivity contribution in [1.29, 1.82) is 0 Å². The normalized spacial score (nSPS) is 13.2. The standard InChI is InChI=1S/C23H27ClN2O7/c1-14(27)20(26-23(30)33-13-15-7-5-4-6-8-15)21(28)25-18(22(29)32-3)12-16-9-10-19(31-2)17(24)11-16/h4-11,14,18,20,27H,12-13H2,1-3H3,(H,25,28)(H,26,30)/t14-,18-,20+/m1/s1. The number of halogens is 1. The molecular formula is C23H27ClN2O7. The van der Waals surface area contributed by atoms with Gasteiger partial charge in [-0.3, -0.25) is 4.79 Å². The van der Waals surface area contributed by atoms with Crippen LogP contribution in [0.5, 0.6) is 5.75 Å². The maximum Gasteiger partial charge on any atom is 0.408 e. The van der Waals surface area contributed by atoms with E-state index in [2.05, 4.69) is 10.6 Å². The van der Waals surface area contributed by atoms with E-state index in [0.29, 0.717) is 16.3 Å². The number of rotatable bonds is 10. The Morgan fingerprint density at radius 1 is 1.03 bits per heavy atom. The molecule has 0 fully saturated rings. The summed E-state index contributed by atoms with van der Waals surface area (Å²) in [4.78, 5) is 37.2. The lowest BCUT2D eigenvalue weighted by molar-refractivity contribution is -0.145. The largest absolute Gasteiger partial charge is 0.495 e. The first-order chi connectivity index (χ1) is 15.7. The average Bonchev–Trinajstić information content (AvgIpc) is 2.80. The number of aliphatic hydroxyl groups excluding tert-OH is 1. The number of alkyl carbamates (subject to hydrolysis) is 1. The number of carbonyl (C=O) groups is 3. The third-order valence-corrected chi connectivity index (χ3v) is 5.00. The molecule has 10 heteroatoms. The molecule has 0 aliphatic heterocycles. The Hall–Kier alpha value is -3.30. The summed E-state index contributed by atoms with van der Waals surface area (Å²) >= 11 is 6.13. The number of carbonyl (C=O) groups excluding carboxylic acids is 3. The minimum Gasteiger partial charge on any atom is -0.495 e. The van der Waals surface area contributed by atoms with Crippen LogP contribution in [0.25, 0.3) is 0 Å². The van der Waals surface area contributed by atoms with Crippen LogP contribution in [0.1, 0.15) is 18.1 Å². The molecular weight excluding hydrogens is 452 g/mol. The van der Waals surface area contributed by atoms with Crippen LogP contribution >= 0.6 is 11.6 Å². The Balaban J connectivity index is 2.05. The number of esters is 1. The third-order valence-electron chi connectivity index (χ3n) is 4.71. The van der Waals surface area contributed by atoms with Gasteiger partial charge < -0.3 is 30.0 Å². The number of aliphatic hydroxyl groups is 1. The molecule has 0 aliphatic carbocycles. The number of hydrogen-bond donors (Lipinski definition) is 3. The average molecular weight is 479 g/mol. The maximum absolute atomic E-state index is 12.8. The summed E-state index contributed by atoms with van der Waals surface area (Å²) in [7, 11) is 2.67. The molecule has 9 nitrogen and oxygen atoms in total. The van der Waals surface area contributed by atoms with Crippen molar-refractivity contribution in [3.63, 3.8) is 0 Å². The SMILES string of the molecule is COC(=O)[C@@H](Cc1ccc(OC)c(Cl)c1)NC(=O)[C@@H](NC(=O)OCc1ccccc1)[C@@H](C)O. The fourth-order valence-corrected chi connectivity index (χ4v) is 3.25. The summed E-state index contributed by atoms with van der Waals surface area (Å²) in [5, 5.41) is 15.2. The van der Waals surface area contributed by atoms with Crippen molar-refractivity contribution in [2.75, 3.05) is 14.2 Å². The zero-order valence-electron chi connectivity index (χ0n) is 18.5. The highest BCUT2D eigenvalue weighted by atomic mass is 35.5. The molecule has 0 bridgehead atoms. The molecule has 2 amide bonds. The zero-order chi connectivity index (χ0) is 24.4.